The van der Waals surface area contributed by atoms with E-state index >= 15 is 0 Å². The van der Waals surface area contributed by atoms with Crippen molar-refractivity contribution >= 4 is 34.8 Å². The molecule has 0 unspecified atom stereocenters. The van der Waals surface area contributed by atoms with E-state index in [1.54, 1.807) is 49.6 Å². The Bertz CT molecular complexity index is 944. The van der Waals surface area contributed by atoms with Crippen molar-refractivity contribution in [1.29, 1.82) is 0 Å². The third kappa shape index (κ3) is 6.77. The van der Waals surface area contributed by atoms with Gasteiger partial charge in [0.1, 0.15) is 12.4 Å². The van der Waals surface area contributed by atoms with Crippen molar-refractivity contribution in [3.8, 4) is 5.75 Å². The van der Waals surface area contributed by atoms with E-state index in [0.717, 1.165) is 25.7 Å². The lowest BCUT2D eigenvalue weighted by Crippen LogP contribution is -2.38. The fraction of sp³-hybridized carbons (Fsp3) is 0.375. The first-order valence-electron chi connectivity index (χ1n) is 10.8. The Balaban J connectivity index is 1.63. The molecule has 3 N–H and O–H groups in total. The molecule has 2 amide bonds. The highest BCUT2D eigenvalue weighted by Crippen LogP contribution is 2.21. The minimum atomic E-state index is -0.403. The zero-order valence-electron chi connectivity index (χ0n) is 18.2. The Hall–Kier alpha value is -2.97. The smallest absolute Gasteiger partial charge is 0.261 e. The standard InChI is InChI=1S/C24H29N3O4S/c1-30-15-16-31-21-14-8-6-12-19(21)23(29)27-24(32)26-20-13-7-5-11-18(20)22(28)25-17-9-3-2-4-10-17/h5-8,11-14,17H,2-4,9-10,15-16H2,1H3,(H,25,28)(H2,26,27,29,32). The molecule has 32 heavy (non-hydrogen) atoms. The molecule has 0 radical (unpaired) electrons. The van der Waals surface area contributed by atoms with E-state index in [1.165, 1.54) is 6.42 Å². The van der Waals surface area contributed by atoms with E-state index in [4.69, 9.17) is 21.7 Å². The van der Waals surface area contributed by atoms with Crippen LogP contribution >= 0.6 is 12.2 Å². The van der Waals surface area contributed by atoms with Crippen LogP contribution in [0.3, 0.4) is 0 Å². The van der Waals surface area contributed by atoms with Crippen molar-refractivity contribution in [2.45, 2.75) is 38.1 Å². The molecule has 170 valence electrons. The molecule has 0 aliphatic heterocycles. The number of amides is 2. The average Bonchev–Trinajstić information content (AvgIpc) is 2.80. The van der Waals surface area contributed by atoms with Crippen LogP contribution in [-0.2, 0) is 4.74 Å². The van der Waals surface area contributed by atoms with Gasteiger partial charge in [-0.25, -0.2) is 0 Å². The summed E-state index contributed by atoms with van der Waals surface area (Å²) in [4.78, 5) is 25.6. The number of benzene rings is 2. The van der Waals surface area contributed by atoms with Crippen LogP contribution in [0.4, 0.5) is 5.69 Å². The summed E-state index contributed by atoms with van der Waals surface area (Å²) < 4.78 is 10.6. The van der Waals surface area contributed by atoms with E-state index in [0.29, 0.717) is 35.8 Å². The molecule has 0 atom stereocenters. The summed E-state index contributed by atoms with van der Waals surface area (Å²) in [6.07, 6.45) is 5.50. The SMILES string of the molecule is COCCOc1ccccc1C(=O)NC(=S)Nc1ccccc1C(=O)NC1CCCCC1. The highest BCUT2D eigenvalue weighted by molar-refractivity contribution is 7.80. The summed E-state index contributed by atoms with van der Waals surface area (Å²) in [5.41, 5.74) is 1.38. The molecule has 7 nitrogen and oxygen atoms in total. The number of anilines is 1. The first kappa shape index (κ1) is 23.7. The Kier molecular flexibility index (Phi) is 9.01. The third-order valence-corrected chi connectivity index (χ3v) is 5.47. The predicted octanol–water partition coefficient (Wildman–Crippen LogP) is 3.90. The van der Waals surface area contributed by atoms with Gasteiger partial charge >= 0.3 is 0 Å². The lowest BCUT2D eigenvalue weighted by molar-refractivity contribution is 0.0927. The lowest BCUT2D eigenvalue weighted by atomic mass is 9.95. The number of hydrogen-bond acceptors (Lipinski definition) is 5. The number of rotatable bonds is 8. The molecular formula is C24H29N3O4S. The topological polar surface area (TPSA) is 88.7 Å². The van der Waals surface area contributed by atoms with Gasteiger partial charge in [-0.05, 0) is 49.3 Å². The summed E-state index contributed by atoms with van der Waals surface area (Å²) in [6, 6.07) is 14.2. The lowest BCUT2D eigenvalue weighted by Gasteiger charge is -2.23. The number of nitrogens with one attached hydrogen (secondary N) is 3. The summed E-state index contributed by atoms with van der Waals surface area (Å²) in [5, 5.41) is 8.85. The van der Waals surface area contributed by atoms with Crippen LogP contribution in [0.25, 0.3) is 0 Å². The second-order valence-corrected chi connectivity index (χ2v) is 8.01. The van der Waals surface area contributed by atoms with Crippen LogP contribution in [0, 0.1) is 0 Å². The molecular weight excluding hydrogens is 426 g/mol. The highest BCUT2D eigenvalue weighted by atomic mass is 32.1. The molecule has 0 saturated heterocycles. The molecule has 0 aromatic heterocycles. The summed E-state index contributed by atoms with van der Waals surface area (Å²) in [7, 11) is 1.58. The minimum Gasteiger partial charge on any atom is -0.490 e. The Morgan fingerprint density at radius 3 is 2.38 bits per heavy atom. The molecule has 1 aliphatic carbocycles. The third-order valence-electron chi connectivity index (χ3n) is 5.26. The highest BCUT2D eigenvalue weighted by Gasteiger charge is 2.19. The van der Waals surface area contributed by atoms with Crippen LogP contribution in [-0.4, -0.2) is 43.3 Å². The number of carbonyl (C=O) groups is 2. The number of methoxy groups -OCH3 is 1. The van der Waals surface area contributed by atoms with Gasteiger partial charge in [0.25, 0.3) is 11.8 Å². The molecule has 1 fully saturated rings. The van der Waals surface area contributed by atoms with Crippen molar-refractivity contribution in [3.05, 3.63) is 59.7 Å². The fourth-order valence-electron chi connectivity index (χ4n) is 3.64. The molecule has 0 spiro atoms. The fourth-order valence-corrected chi connectivity index (χ4v) is 3.84. The van der Waals surface area contributed by atoms with Crippen molar-refractivity contribution in [2.75, 3.05) is 25.6 Å². The van der Waals surface area contributed by atoms with Crippen LogP contribution in [0.2, 0.25) is 0 Å². The predicted molar refractivity (Wildman–Crippen MR) is 128 cm³/mol. The quantitative estimate of drug-likeness (QED) is 0.413. The van der Waals surface area contributed by atoms with E-state index in [1.807, 2.05) is 6.07 Å². The molecule has 0 bridgehead atoms. The number of thiocarbonyl (C=S) groups is 1. The second kappa shape index (κ2) is 12.2. The van der Waals surface area contributed by atoms with Crippen molar-refractivity contribution in [3.63, 3.8) is 0 Å². The Morgan fingerprint density at radius 1 is 0.938 bits per heavy atom. The van der Waals surface area contributed by atoms with Gasteiger partial charge in [0, 0.05) is 13.2 Å². The van der Waals surface area contributed by atoms with Gasteiger partial charge in [0.05, 0.1) is 23.4 Å². The van der Waals surface area contributed by atoms with Gasteiger partial charge in [-0.2, -0.15) is 0 Å². The van der Waals surface area contributed by atoms with Crippen LogP contribution in [0.1, 0.15) is 52.8 Å². The number of hydrogen-bond donors (Lipinski definition) is 3. The second-order valence-electron chi connectivity index (χ2n) is 7.60. The van der Waals surface area contributed by atoms with Gasteiger partial charge in [0.2, 0.25) is 0 Å². The van der Waals surface area contributed by atoms with Gasteiger partial charge in [-0.15, -0.1) is 0 Å². The molecule has 3 rings (SSSR count). The largest absolute Gasteiger partial charge is 0.490 e. The molecule has 0 heterocycles. The number of para-hydroxylation sites is 2. The van der Waals surface area contributed by atoms with Crippen LogP contribution < -0.4 is 20.7 Å². The normalized spacial score (nSPS) is 13.8. The molecule has 1 saturated carbocycles. The van der Waals surface area contributed by atoms with E-state index in [2.05, 4.69) is 16.0 Å². The maximum absolute atomic E-state index is 12.8. The Labute approximate surface area is 193 Å². The van der Waals surface area contributed by atoms with Gasteiger partial charge in [-0.1, -0.05) is 43.5 Å². The van der Waals surface area contributed by atoms with Crippen molar-refractivity contribution < 1.29 is 19.1 Å². The molecule has 1 aliphatic rings. The van der Waals surface area contributed by atoms with Gasteiger partial charge < -0.3 is 20.1 Å². The first-order valence-corrected chi connectivity index (χ1v) is 11.2. The monoisotopic (exact) mass is 455 g/mol. The summed E-state index contributed by atoms with van der Waals surface area (Å²) in [6.45, 7) is 0.739. The van der Waals surface area contributed by atoms with E-state index in [9.17, 15) is 9.59 Å². The van der Waals surface area contributed by atoms with Crippen molar-refractivity contribution in [1.82, 2.24) is 10.6 Å². The van der Waals surface area contributed by atoms with E-state index in [-0.39, 0.29) is 17.1 Å². The van der Waals surface area contributed by atoms with Crippen molar-refractivity contribution in [2.24, 2.45) is 0 Å². The van der Waals surface area contributed by atoms with Crippen LogP contribution in [0.5, 0.6) is 5.75 Å². The average molecular weight is 456 g/mol. The number of ether oxygens (including phenoxy) is 2. The summed E-state index contributed by atoms with van der Waals surface area (Å²) >= 11 is 5.33. The molecule has 2 aromatic rings. The first-order chi connectivity index (χ1) is 15.6. The van der Waals surface area contributed by atoms with E-state index < -0.39 is 5.91 Å². The zero-order chi connectivity index (χ0) is 22.8. The maximum atomic E-state index is 12.8. The van der Waals surface area contributed by atoms with Gasteiger partial charge in [-0.3, -0.25) is 14.9 Å². The number of carbonyl (C=O) groups excluding carboxylic acids is 2. The molecule has 8 heteroatoms. The summed E-state index contributed by atoms with van der Waals surface area (Å²) in [5.74, 6) is -0.109. The Morgan fingerprint density at radius 2 is 1.62 bits per heavy atom. The van der Waals surface area contributed by atoms with Crippen LogP contribution in [0.15, 0.2) is 48.5 Å². The maximum Gasteiger partial charge on any atom is 0.261 e. The molecule has 2 aromatic carbocycles. The van der Waals surface area contributed by atoms with Gasteiger partial charge in [0.15, 0.2) is 5.11 Å². The zero-order valence-corrected chi connectivity index (χ0v) is 19.0. The minimum absolute atomic E-state index is 0.0969.